The van der Waals surface area contributed by atoms with Gasteiger partial charge in [0, 0.05) is 31.6 Å². The summed E-state index contributed by atoms with van der Waals surface area (Å²) < 4.78 is 0. The van der Waals surface area contributed by atoms with Crippen LogP contribution in [0, 0.1) is 0 Å². The van der Waals surface area contributed by atoms with Crippen molar-refractivity contribution < 1.29 is 14.7 Å². The Kier molecular flexibility index (Phi) is 3.98. The highest BCUT2D eigenvalue weighted by molar-refractivity contribution is 7.09. The molecular weight excluding hydrogens is 252 g/mol. The van der Waals surface area contributed by atoms with Gasteiger partial charge in [0.05, 0.1) is 6.42 Å². The molecule has 0 bridgehead atoms. The van der Waals surface area contributed by atoms with E-state index in [1.807, 2.05) is 22.4 Å². The van der Waals surface area contributed by atoms with E-state index in [0.717, 1.165) is 11.4 Å². The zero-order valence-electron chi connectivity index (χ0n) is 10.2. The molecule has 1 amide bonds. The summed E-state index contributed by atoms with van der Waals surface area (Å²) in [5.41, 5.74) is 0. The number of hydrogen-bond donors (Lipinski definition) is 1. The van der Waals surface area contributed by atoms with E-state index in [1.54, 1.807) is 23.3 Å². The molecule has 0 aromatic carbocycles. The van der Waals surface area contributed by atoms with Crippen LogP contribution in [0.1, 0.15) is 11.3 Å². The first kappa shape index (κ1) is 13.0. The van der Waals surface area contributed by atoms with Gasteiger partial charge in [0.25, 0.3) is 0 Å². The smallest absolute Gasteiger partial charge is 0.305 e. The van der Waals surface area contributed by atoms with Crippen molar-refractivity contribution in [1.82, 2.24) is 9.80 Å². The van der Waals surface area contributed by atoms with Gasteiger partial charge >= 0.3 is 5.97 Å². The number of thiophene rings is 1. The first-order chi connectivity index (χ1) is 8.58. The number of nitrogens with zero attached hydrogens (tertiary/aromatic N) is 2. The summed E-state index contributed by atoms with van der Waals surface area (Å²) in [6.45, 7) is 2.02. The lowest BCUT2D eigenvalue weighted by atomic mass is 10.1. The van der Waals surface area contributed by atoms with Gasteiger partial charge in [-0.3, -0.25) is 14.5 Å². The zero-order chi connectivity index (χ0) is 13.1. The van der Waals surface area contributed by atoms with Gasteiger partial charge in [-0.2, -0.15) is 0 Å². The summed E-state index contributed by atoms with van der Waals surface area (Å²) in [6.07, 6.45) is -0.130. The molecule has 1 aromatic rings. The van der Waals surface area contributed by atoms with Crippen LogP contribution in [0.4, 0.5) is 0 Å². The number of carbonyl (C=O) groups is 2. The molecule has 1 fully saturated rings. The predicted molar refractivity (Wildman–Crippen MR) is 68.4 cm³/mol. The van der Waals surface area contributed by atoms with Crippen LogP contribution in [-0.2, 0) is 16.1 Å². The van der Waals surface area contributed by atoms with Gasteiger partial charge in [0.2, 0.25) is 5.91 Å². The Morgan fingerprint density at radius 1 is 1.56 bits per heavy atom. The number of aliphatic carboxylic acids is 1. The number of hydrogen-bond acceptors (Lipinski definition) is 4. The van der Waals surface area contributed by atoms with Crippen molar-refractivity contribution in [3.8, 4) is 0 Å². The molecule has 18 heavy (non-hydrogen) atoms. The minimum atomic E-state index is -0.931. The fourth-order valence-corrected chi connectivity index (χ4v) is 2.86. The Morgan fingerprint density at radius 3 is 2.94 bits per heavy atom. The number of carboxylic acids is 1. The standard InChI is InChI=1S/C12H16N2O3S/c1-13-4-5-14(8-9-3-2-6-18-9)10(12(13)17)7-11(15)16/h2-3,6,10H,4-5,7-8H2,1H3,(H,15,16). The van der Waals surface area contributed by atoms with Crippen molar-refractivity contribution in [3.63, 3.8) is 0 Å². The maximum Gasteiger partial charge on any atom is 0.305 e. The fraction of sp³-hybridized carbons (Fsp3) is 0.500. The number of piperazine rings is 1. The number of likely N-dealkylation sites (N-methyl/N-ethyl adjacent to an activating group) is 1. The highest BCUT2D eigenvalue weighted by atomic mass is 32.1. The van der Waals surface area contributed by atoms with Gasteiger partial charge in [0.15, 0.2) is 0 Å². The largest absolute Gasteiger partial charge is 0.481 e. The molecule has 5 nitrogen and oxygen atoms in total. The molecule has 1 saturated heterocycles. The lowest BCUT2D eigenvalue weighted by molar-refractivity contribution is -0.148. The third kappa shape index (κ3) is 2.88. The number of carboxylic acid groups (broad SMARTS) is 1. The second-order valence-electron chi connectivity index (χ2n) is 4.42. The monoisotopic (exact) mass is 268 g/mol. The topological polar surface area (TPSA) is 60.9 Å². The quantitative estimate of drug-likeness (QED) is 0.880. The van der Waals surface area contributed by atoms with Crippen LogP contribution in [-0.4, -0.2) is 53.0 Å². The van der Waals surface area contributed by atoms with Gasteiger partial charge in [-0.05, 0) is 11.4 Å². The molecule has 1 aliphatic rings. The van der Waals surface area contributed by atoms with Crippen LogP contribution in [0.15, 0.2) is 17.5 Å². The summed E-state index contributed by atoms with van der Waals surface area (Å²) in [7, 11) is 1.72. The van der Waals surface area contributed by atoms with Crippen molar-refractivity contribution in [3.05, 3.63) is 22.4 Å². The molecule has 1 aromatic heterocycles. The third-order valence-corrected chi connectivity index (χ3v) is 3.99. The van der Waals surface area contributed by atoms with Gasteiger partial charge < -0.3 is 10.0 Å². The van der Waals surface area contributed by atoms with Crippen LogP contribution in [0.2, 0.25) is 0 Å². The Balaban J connectivity index is 2.10. The second-order valence-corrected chi connectivity index (χ2v) is 5.46. The van der Waals surface area contributed by atoms with E-state index in [0.29, 0.717) is 13.1 Å². The lowest BCUT2D eigenvalue weighted by Gasteiger charge is -2.38. The van der Waals surface area contributed by atoms with Crippen molar-refractivity contribution >= 4 is 23.2 Å². The Hall–Kier alpha value is -1.40. The van der Waals surface area contributed by atoms with Crippen LogP contribution in [0.5, 0.6) is 0 Å². The molecule has 1 atom stereocenters. The number of rotatable bonds is 4. The summed E-state index contributed by atoms with van der Waals surface area (Å²) in [6, 6.07) is 3.43. The Bertz CT molecular complexity index is 433. The molecule has 0 aliphatic carbocycles. The summed E-state index contributed by atoms with van der Waals surface area (Å²) in [5.74, 6) is -1.03. The van der Waals surface area contributed by atoms with E-state index < -0.39 is 12.0 Å². The average molecular weight is 268 g/mol. The van der Waals surface area contributed by atoms with Crippen LogP contribution in [0.3, 0.4) is 0 Å². The van der Waals surface area contributed by atoms with Gasteiger partial charge in [-0.1, -0.05) is 6.07 Å². The number of amides is 1. The lowest BCUT2D eigenvalue weighted by Crippen LogP contribution is -2.55. The normalized spacial score (nSPS) is 21.3. The van der Waals surface area contributed by atoms with E-state index in [2.05, 4.69) is 0 Å². The van der Waals surface area contributed by atoms with Gasteiger partial charge in [-0.15, -0.1) is 11.3 Å². The van der Waals surface area contributed by atoms with Crippen molar-refractivity contribution in [2.45, 2.75) is 19.0 Å². The van der Waals surface area contributed by atoms with Crippen molar-refractivity contribution in [2.24, 2.45) is 0 Å². The summed E-state index contributed by atoms with van der Waals surface area (Å²) in [4.78, 5) is 27.6. The van der Waals surface area contributed by atoms with Gasteiger partial charge in [-0.25, -0.2) is 0 Å². The van der Waals surface area contributed by atoms with E-state index >= 15 is 0 Å². The molecule has 6 heteroatoms. The van der Waals surface area contributed by atoms with Crippen molar-refractivity contribution in [1.29, 1.82) is 0 Å². The first-order valence-electron chi connectivity index (χ1n) is 5.81. The van der Waals surface area contributed by atoms with E-state index in [4.69, 9.17) is 5.11 Å². The molecule has 98 valence electrons. The Morgan fingerprint density at radius 2 is 2.33 bits per heavy atom. The van der Waals surface area contributed by atoms with E-state index in [1.165, 1.54) is 0 Å². The molecular formula is C12H16N2O3S. The molecule has 0 spiro atoms. The summed E-state index contributed by atoms with van der Waals surface area (Å²) >= 11 is 1.63. The molecule has 0 radical (unpaired) electrons. The number of carbonyl (C=O) groups excluding carboxylic acids is 1. The maximum absolute atomic E-state index is 12.0. The molecule has 1 unspecified atom stereocenters. The highest BCUT2D eigenvalue weighted by Gasteiger charge is 2.34. The van der Waals surface area contributed by atoms with Crippen LogP contribution in [0.25, 0.3) is 0 Å². The second kappa shape index (κ2) is 5.49. The first-order valence-corrected chi connectivity index (χ1v) is 6.69. The third-order valence-electron chi connectivity index (χ3n) is 3.13. The van der Waals surface area contributed by atoms with Gasteiger partial charge in [0.1, 0.15) is 6.04 Å². The minimum absolute atomic E-state index is 0.0970. The SMILES string of the molecule is CN1CCN(Cc2cccs2)C(CC(=O)O)C1=O. The van der Waals surface area contributed by atoms with E-state index in [9.17, 15) is 9.59 Å². The molecule has 2 heterocycles. The summed E-state index contributed by atoms with van der Waals surface area (Å²) in [5, 5.41) is 10.9. The molecule has 0 saturated carbocycles. The predicted octanol–water partition coefficient (Wildman–Crippen LogP) is 0.865. The van der Waals surface area contributed by atoms with Crippen molar-refractivity contribution in [2.75, 3.05) is 20.1 Å². The highest BCUT2D eigenvalue weighted by Crippen LogP contribution is 2.19. The average Bonchev–Trinajstić information content (AvgIpc) is 2.81. The van der Waals surface area contributed by atoms with E-state index in [-0.39, 0.29) is 12.3 Å². The Labute approximate surface area is 110 Å². The molecule has 2 rings (SSSR count). The minimum Gasteiger partial charge on any atom is -0.481 e. The van der Waals surface area contributed by atoms with Crippen LogP contribution >= 0.6 is 11.3 Å². The molecule has 1 aliphatic heterocycles. The molecule has 1 N–H and O–H groups in total. The fourth-order valence-electron chi connectivity index (χ4n) is 2.13. The maximum atomic E-state index is 12.0. The zero-order valence-corrected chi connectivity index (χ0v) is 11.0. The van der Waals surface area contributed by atoms with Crippen LogP contribution < -0.4 is 0 Å².